The van der Waals surface area contributed by atoms with Gasteiger partial charge >= 0.3 is 5.97 Å². The highest BCUT2D eigenvalue weighted by molar-refractivity contribution is 5.86. The molecule has 1 aromatic heterocycles. The molecule has 1 saturated heterocycles. The summed E-state index contributed by atoms with van der Waals surface area (Å²) in [6.07, 6.45) is 4.22. The van der Waals surface area contributed by atoms with Crippen molar-refractivity contribution in [3.63, 3.8) is 0 Å². The largest absolute Gasteiger partial charge is 0.462 e. The van der Waals surface area contributed by atoms with Crippen LogP contribution in [0.15, 0.2) is 24.4 Å². The van der Waals surface area contributed by atoms with Gasteiger partial charge in [-0.1, -0.05) is 26.8 Å². The number of hydrogen-bond acceptors (Lipinski definition) is 4. The SMILES string of the molecule is C[C@H]1[C@H]2C[C@H](C[C@H]1OC(=O)[C@@H]1CC(=O)N(Cc3ccccn3)C1)C2(C)C. The predicted molar refractivity (Wildman–Crippen MR) is 96.8 cm³/mol. The van der Waals surface area contributed by atoms with Crippen LogP contribution in [0.5, 0.6) is 0 Å². The van der Waals surface area contributed by atoms with E-state index in [0.29, 0.717) is 36.3 Å². The summed E-state index contributed by atoms with van der Waals surface area (Å²) < 4.78 is 5.90. The highest BCUT2D eigenvalue weighted by Crippen LogP contribution is 2.61. The monoisotopic (exact) mass is 356 g/mol. The standard InChI is InChI=1S/C21H28N2O3/c1-13-17-9-15(21(17,2)3)10-18(13)26-20(25)14-8-19(24)23(11-14)12-16-6-4-5-7-22-16/h4-7,13-15,17-18H,8-12H2,1-3H3/t13-,14+,15+,17+,18+/m0/s1. The average Bonchev–Trinajstić information content (AvgIpc) is 2.98. The molecule has 2 bridgehead atoms. The second-order valence-corrected chi connectivity index (χ2v) is 8.93. The zero-order valence-corrected chi connectivity index (χ0v) is 15.9. The summed E-state index contributed by atoms with van der Waals surface area (Å²) in [7, 11) is 0. The van der Waals surface area contributed by atoms with Gasteiger partial charge < -0.3 is 9.64 Å². The smallest absolute Gasteiger partial charge is 0.311 e. The van der Waals surface area contributed by atoms with Crippen LogP contribution in [0.25, 0.3) is 0 Å². The molecule has 0 aromatic carbocycles. The lowest BCUT2D eigenvalue weighted by Gasteiger charge is -2.61. The number of fused-ring (bicyclic) bond motifs is 2. The summed E-state index contributed by atoms with van der Waals surface area (Å²) in [6, 6.07) is 5.66. The Hall–Kier alpha value is -1.91. The Bertz CT molecular complexity index is 702. The maximum absolute atomic E-state index is 12.7. The molecule has 0 radical (unpaired) electrons. The van der Waals surface area contributed by atoms with Crippen LogP contribution in [0.1, 0.15) is 45.7 Å². The van der Waals surface area contributed by atoms with Crippen molar-refractivity contribution in [1.82, 2.24) is 9.88 Å². The van der Waals surface area contributed by atoms with Crippen molar-refractivity contribution in [1.29, 1.82) is 0 Å². The molecule has 1 amide bonds. The summed E-state index contributed by atoms with van der Waals surface area (Å²) in [5.41, 5.74) is 1.23. The van der Waals surface area contributed by atoms with E-state index in [9.17, 15) is 9.59 Å². The molecule has 0 unspecified atom stereocenters. The predicted octanol–water partition coefficient (Wildman–Crippen LogP) is 3.04. The van der Waals surface area contributed by atoms with E-state index in [4.69, 9.17) is 4.74 Å². The van der Waals surface area contributed by atoms with Crippen LogP contribution >= 0.6 is 0 Å². The first kappa shape index (κ1) is 17.5. The van der Waals surface area contributed by atoms with E-state index in [0.717, 1.165) is 12.1 Å². The zero-order valence-electron chi connectivity index (χ0n) is 15.9. The van der Waals surface area contributed by atoms with Crippen LogP contribution < -0.4 is 0 Å². The minimum atomic E-state index is -0.343. The number of rotatable bonds is 4. The highest BCUT2D eigenvalue weighted by atomic mass is 16.5. The van der Waals surface area contributed by atoms with Gasteiger partial charge in [0.15, 0.2) is 0 Å². The first-order chi connectivity index (χ1) is 12.4. The van der Waals surface area contributed by atoms with Crippen molar-refractivity contribution in [2.75, 3.05) is 6.54 Å². The first-order valence-electron chi connectivity index (χ1n) is 9.74. The zero-order chi connectivity index (χ0) is 18.5. The number of carbonyl (C=O) groups is 2. The second-order valence-electron chi connectivity index (χ2n) is 8.93. The van der Waals surface area contributed by atoms with E-state index in [-0.39, 0.29) is 30.3 Å². The number of hydrogen-bond donors (Lipinski definition) is 0. The Morgan fingerprint density at radius 1 is 1.35 bits per heavy atom. The van der Waals surface area contributed by atoms with E-state index in [2.05, 4.69) is 25.8 Å². The second kappa shape index (κ2) is 6.36. The Balaban J connectivity index is 1.34. The number of aromatic nitrogens is 1. The minimum Gasteiger partial charge on any atom is -0.462 e. The summed E-state index contributed by atoms with van der Waals surface area (Å²) in [5, 5.41) is 0. The fraction of sp³-hybridized carbons (Fsp3) is 0.667. The third-order valence-corrected chi connectivity index (χ3v) is 7.18. The number of carbonyl (C=O) groups excluding carboxylic acids is 2. The van der Waals surface area contributed by atoms with Gasteiger partial charge in [-0.3, -0.25) is 14.6 Å². The number of likely N-dealkylation sites (tertiary alicyclic amines) is 1. The lowest BCUT2D eigenvalue weighted by Crippen LogP contribution is -2.57. The molecule has 0 spiro atoms. The first-order valence-corrected chi connectivity index (χ1v) is 9.74. The summed E-state index contributed by atoms with van der Waals surface area (Å²) >= 11 is 0. The molecular formula is C21H28N2O3. The van der Waals surface area contributed by atoms with Gasteiger partial charge in [0.05, 0.1) is 18.2 Å². The number of ether oxygens (including phenoxy) is 1. The van der Waals surface area contributed by atoms with E-state index < -0.39 is 0 Å². The van der Waals surface area contributed by atoms with Crippen molar-refractivity contribution in [3.8, 4) is 0 Å². The third-order valence-electron chi connectivity index (χ3n) is 7.18. The maximum Gasteiger partial charge on any atom is 0.311 e. The van der Waals surface area contributed by atoms with Gasteiger partial charge in [0, 0.05) is 19.2 Å². The van der Waals surface area contributed by atoms with E-state index in [1.54, 1.807) is 11.1 Å². The van der Waals surface area contributed by atoms with Crippen LogP contribution in [0.3, 0.4) is 0 Å². The molecule has 1 aliphatic heterocycles. The normalized spacial score (nSPS) is 35.1. The Labute approximate surface area is 155 Å². The summed E-state index contributed by atoms with van der Waals surface area (Å²) in [4.78, 5) is 30.9. The molecule has 5 nitrogen and oxygen atoms in total. The van der Waals surface area contributed by atoms with E-state index in [1.807, 2.05) is 18.2 Å². The molecule has 4 aliphatic rings. The quantitative estimate of drug-likeness (QED) is 0.778. The van der Waals surface area contributed by atoms with Gasteiger partial charge in [-0.15, -0.1) is 0 Å². The van der Waals surface area contributed by atoms with Crippen molar-refractivity contribution in [2.45, 2.75) is 52.7 Å². The number of esters is 1. The highest BCUT2D eigenvalue weighted by Gasteiger charge is 2.57. The Morgan fingerprint density at radius 2 is 2.15 bits per heavy atom. The van der Waals surface area contributed by atoms with Crippen LogP contribution in [0.4, 0.5) is 0 Å². The van der Waals surface area contributed by atoms with Crippen molar-refractivity contribution < 1.29 is 14.3 Å². The molecule has 0 N–H and O–H groups in total. The average molecular weight is 356 g/mol. The number of amides is 1. The lowest BCUT2D eigenvalue weighted by atomic mass is 9.45. The van der Waals surface area contributed by atoms with Crippen molar-refractivity contribution >= 4 is 11.9 Å². The maximum atomic E-state index is 12.7. The fourth-order valence-corrected chi connectivity index (χ4v) is 5.27. The van der Waals surface area contributed by atoms with Crippen LogP contribution in [0.2, 0.25) is 0 Å². The molecule has 26 heavy (non-hydrogen) atoms. The number of pyridine rings is 1. The van der Waals surface area contributed by atoms with E-state index >= 15 is 0 Å². The number of nitrogens with zero attached hydrogens (tertiary/aromatic N) is 2. The molecular weight excluding hydrogens is 328 g/mol. The van der Waals surface area contributed by atoms with Gasteiger partial charge in [-0.05, 0) is 48.1 Å². The molecule has 5 rings (SSSR count). The van der Waals surface area contributed by atoms with E-state index in [1.165, 1.54) is 6.42 Å². The van der Waals surface area contributed by atoms with Gasteiger partial charge in [-0.25, -0.2) is 0 Å². The molecule has 1 aromatic rings. The lowest BCUT2D eigenvalue weighted by molar-refractivity contribution is -0.189. The summed E-state index contributed by atoms with van der Waals surface area (Å²) in [6.45, 7) is 7.79. The molecule has 140 valence electrons. The summed E-state index contributed by atoms with van der Waals surface area (Å²) in [5.74, 6) is 1.18. The van der Waals surface area contributed by atoms with Crippen LogP contribution in [-0.4, -0.2) is 34.4 Å². The minimum absolute atomic E-state index is 0.0123. The molecule has 3 aliphatic carbocycles. The molecule has 5 atom stereocenters. The van der Waals surface area contributed by atoms with Gasteiger partial charge in [-0.2, -0.15) is 0 Å². The third kappa shape index (κ3) is 2.91. The van der Waals surface area contributed by atoms with Crippen molar-refractivity contribution in [3.05, 3.63) is 30.1 Å². The van der Waals surface area contributed by atoms with Gasteiger partial charge in [0.1, 0.15) is 6.10 Å². The Morgan fingerprint density at radius 3 is 2.81 bits per heavy atom. The topological polar surface area (TPSA) is 59.5 Å². The fourth-order valence-electron chi connectivity index (χ4n) is 5.27. The molecule has 5 heteroatoms. The molecule has 2 heterocycles. The molecule has 3 saturated carbocycles. The van der Waals surface area contributed by atoms with Gasteiger partial charge in [0.2, 0.25) is 5.91 Å². The van der Waals surface area contributed by atoms with Gasteiger partial charge in [0.25, 0.3) is 0 Å². The Kier molecular flexibility index (Phi) is 4.28. The van der Waals surface area contributed by atoms with Crippen molar-refractivity contribution in [2.24, 2.45) is 29.1 Å². The van der Waals surface area contributed by atoms with Crippen LogP contribution in [0, 0.1) is 29.1 Å². The van der Waals surface area contributed by atoms with Crippen LogP contribution in [-0.2, 0) is 20.9 Å². The molecule has 4 fully saturated rings.